The lowest BCUT2D eigenvalue weighted by atomic mass is 9.81. The Kier molecular flexibility index (Phi) is 9.13. The van der Waals surface area contributed by atoms with Gasteiger partial charge < -0.3 is 13.9 Å². The number of hydrogen-bond acceptors (Lipinski definition) is 4. The van der Waals surface area contributed by atoms with Crippen LogP contribution in [0.25, 0.3) is 10.8 Å². The highest BCUT2D eigenvalue weighted by molar-refractivity contribution is 5.83. The molecule has 4 nitrogen and oxygen atoms in total. The fourth-order valence-electron chi connectivity index (χ4n) is 4.38. The van der Waals surface area contributed by atoms with Crippen molar-refractivity contribution in [2.45, 2.75) is 64.7 Å². The maximum absolute atomic E-state index is 14.8. The molecule has 0 radical (unpaired) electrons. The van der Waals surface area contributed by atoms with Crippen molar-refractivity contribution in [3.63, 3.8) is 0 Å². The number of ether oxygens (including phenoxy) is 2. The van der Waals surface area contributed by atoms with Gasteiger partial charge in [0, 0.05) is 20.1 Å². The molecule has 0 amide bonds. The van der Waals surface area contributed by atoms with Crippen molar-refractivity contribution in [2.75, 3.05) is 20.3 Å². The third-order valence-electron chi connectivity index (χ3n) is 6.21. The van der Waals surface area contributed by atoms with E-state index >= 15 is 0 Å². The van der Waals surface area contributed by atoms with Crippen molar-refractivity contribution < 1.29 is 18.3 Å². The molecule has 0 atom stereocenters. The standard InChI is InChI=1S/C26H35FO4/c1-3-4-7-16-30-23-15-14-21-17-22(31-26(28)24(21)25(23)27)9-6-5-8-19-10-12-20(13-11-19)18-29-2/h5-6,14-15,17,19-20H,3-4,7-13,16,18H2,1-2H3/b6-5+. The first kappa shape index (κ1) is 23.5. The number of allylic oxidation sites excluding steroid dienone is 2. The van der Waals surface area contributed by atoms with Gasteiger partial charge in [-0.15, -0.1) is 0 Å². The average molecular weight is 431 g/mol. The van der Waals surface area contributed by atoms with Gasteiger partial charge in [-0.3, -0.25) is 0 Å². The number of fused-ring (bicyclic) bond motifs is 1. The first-order valence-electron chi connectivity index (χ1n) is 11.6. The number of hydrogen-bond donors (Lipinski definition) is 0. The summed E-state index contributed by atoms with van der Waals surface area (Å²) in [4.78, 5) is 12.4. The summed E-state index contributed by atoms with van der Waals surface area (Å²) in [5.74, 6) is 1.46. The van der Waals surface area contributed by atoms with Crippen molar-refractivity contribution in [3.05, 3.63) is 52.3 Å². The maximum atomic E-state index is 14.8. The van der Waals surface area contributed by atoms with Crippen LogP contribution in [0.3, 0.4) is 0 Å². The second-order valence-corrected chi connectivity index (χ2v) is 8.65. The molecule has 1 aliphatic carbocycles. The van der Waals surface area contributed by atoms with Crippen LogP contribution in [0.1, 0.15) is 64.1 Å². The second kappa shape index (κ2) is 12.0. The molecule has 1 saturated carbocycles. The van der Waals surface area contributed by atoms with E-state index < -0.39 is 11.4 Å². The van der Waals surface area contributed by atoms with Gasteiger partial charge in [-0.05, 0) is 67.9 Å². The predicted octanol–water partition coefficient (Wildman–Crippen LogP) is 6.44. The van der Waals surface area contributed by atoms with Crippen LogP contribution in [0.2, 0.25) is 0 Å². The van der Waals surface area contributed by atoms with Crippen molar-refractivity contribution in [2.24, 2.45) is 11.8 Å². The Labute approximate surface area is 184 Å². The van der Waals surface area contributed by atoms with Crippen LogP contribution in [0.15, 0.2) is 39.6 Å². The number of benzene rings is 1. The smallest absolute Gasteiger partial charge is 0.346 e. The lowest BCUT2D eigenvalue weighted by molar-refractivity contribution is 0.119. The van der Waals surface area contributed by atoms with E-state index in [4.69, 9.17) is 13.9 Å². The molecule has 1 aromatic heterocycles. The molecule has 31 heavy (non-hydrogen) atoms. The van der Waals surface area contributed by atoms with Gasteiger partial charge in [0.1, 0.15) is 11.1 Å². The monoisotopic (exact) mass is 430 g/mol. The van der Waals surface area contributed by atoms with Crippen molar-refractivity contribution in [3.8, 4) is 5.75 Å². The second-order valence-electron chi connectivity index (χ2n) is 8.65. The highest BCUT2D eigenvalue weighted by Crippen LogP contribution is 2.31. The topological polar surface area (TPSA) is 48.7 Å². The van der Waals surface area contributed by atoms with Crippen LogP contribution >= 0.6 is 0 Å². The number of methoxy groups -OCH3 is 1. The molecule has 0 bridgehead atoms. The van der Waals surface area contributed by atoms with Crippen LogP contribution in [0.5, 0.6) is 5.75 Å². The highest BCUT2D eigenvalue weighted by Gasteiger charge is 2.20. The van der Waals surface area contributed by atoms with E-state index in [0.29, 0.717) is 30.1 Å². The summed E-state index contributed by atoms with van der Waals surface area (Å²) in [6.45, 7) is 3.41. The SMILES string of the molecule is CCCCCOc1ccc2cc(C/C=C/CC3CCC(COC)CC3)oc(=O)c2c1F. The third-order valence-corrected chi connectivity index (χ3v) is 6.21. The Morgan fingerprint density at radius 3 is 2.65 bits per heavy atom. The average Bonchev–Trinajstić information content (AvgIpc) is 2.77. The summed E-state index contributed by atoms with van der Waals surface area (Å²) in [5, 5.41) is 0.517. The zero-order valence-corrected chi connectivity index (χ0v) is 18.8. The van der Waals surface area contributed by atoms with Gasteiger partial charge in [0.15, 0.2) is 11.6 Å². The minimum absolute atomic E-state index is 0.0338. The molecule has 0 N–H and O–H groups in total. The quantitative estimate of drug-likeness (QED) is 0.304. The molecular formula is C26H35FO4. The minimum Gasteiger partial charge on any atom is -0.490 e. The summed E-state index contributed by atoms with van der Waals surface area (Å²) in [5.41, 5.74) is -0.645. The van der Waals surface area contributed by atoms with Crippen LogP contribution < -0.4 is 10.4 Å². The van der Waals surface area contributed by atoms with Gasteiger partial charge in [0.05, 0.1) is 6.61 Å². The normalized spacial score (nSPS) is 19.3. The summed E-state index contributed by atoms with van der Waals surface area (Å²) < 4.78 is 30.9. The van der Waals surface area contributed by atoms with Crippen LogP contribution in [-0.2, 0) is 11.2 Å². The van der Waals surface area contributed by atoms with Gasteiger partial charge in [-0.2, -0.15) is 0 Å². The van der Waals surface area contributed by atoms with E-state index in [1.54, 1.807) is 25.3 Å². The molecule has 1 heterocycles. The van der Waals surface area contributed by atoms with E-state index in [1.165, 1.54) is 25.7 Å². The number of halogens is 1. The first-order chi connectivity index (χ1) is 15.1. The molecule has 2 aromatic rings. The predicted molar refractivity (Wildman–Crippen MR) is 122 cm³/mol. The van der Waals surface area contributed by atoms with Crippen molar-refractivity contribution in [1.82, 2.24) is 0 Å². The first-order valence-corrected chi connectivity index (χ1v) is 11.6. The van der Waals surface area contributed by atoms with E-state index in [0.717, 1.165) is 38.2 Å². The van der Waals surface area contributed by atoms with Crippen molar-refractivity contribution in [1.29, 1.82) is 0 Å². The number of rotatable bonds is 11. The maximum Gasteiger partial charge on any atom is 0.346 e. The highest BCUT2D eigenvalue weighted by atomic mass is 19.1. The molecule has 0 spiro atoms. The Morgan fingerprint density at radius 1 is 1.13 bits per heavy atom. The van der Waals surface area contributed by atoms with Crippen LogP contribution in [0, 0.1) is 17.7 Å². The summed E-state index contributed by atoms with van der Waals surface area (Å²) in [7, 11) is 1.77. The molecule has 0 aliphatic heterocycles. The van der Waals surface area contributed by atoms with Gasteiger partial charge in [-0.1, -0.05) is 38.0 Å². The van der Waals surface area contributed by atoms with Gasteiger partial charge in [-0.25, -0.2) is 9.18 Å². The van der Waals surface area contributed by atoms with Gasteiger partial charge >= 0.3 is 5.63 Å². The van der Waals surface area contributed by atoms with Gasteiger partial charge in [0.25, 0.3) is 0 Å². The molecule has 1 fully saturated rings. The Bertz CT molecular complexity index is 909. The fraction of sp³-hybridized carbons (Fsp3) is 0.577. The summed E-state index contributed by atoms with van der Waals surface area (Å²) in [6, 6.07) is 5.08. The van der Waals surface area contributed by atoms with E-state index in [-0.39, 0.29) is 11.1 Å². The largest absolute Gasteiger partial charge is 0.490 e. The summed E-state index contributed by atoms with van der Waals surface area (Å²) in [6.07, 6.45) is 13.7. The minimum atomic E-state index is -0.645. The lowest BCUT2D eigenvalue weighted by Gasteiger charge is -2.27. The fourth-order valence-corrected chi connectivity index (χ4v) is 4.38. The lowest BCUT2D eigenvalue weighted by Crippen LogP contribution is -2.17. The van der Waals surface area contributed by atoms with Gasteiger partial charge in [0.2, 0.25) is 0 Å². The summed E-state index contributed by atoms with van der Waals surface area (Å²) >= 11 is 0. The third kappa shape index (κ3) is 6.67. The van der Waals surface area contributed by atoms with Crippen LogP contribution in [0.4, 0.5) is 4.39 Å². The molecule has 0 unspecified atom stereocenters. The van der Waals surface area contributed by atoms with Crippen molar-refractivity contribution >= 4 is 10.8 Å². The zero-order chi connectivity index (χ0) is 22.1. The Morgan fingerprint density at radius 2 is 1.90 bits per heavy atom. The van der Waals surface area contributed by atoms with E-state index in [1.807, 2.05) is 6.08 Å². The molecular weight excluding hydrogens is 395 g/mol. The zero-order valence-electron chi connectivity index (χ0n) is 18.8. The molecule has 1 aromatic carbocycles. The molecule has 5 heteroatoms. The molecule has 1 aliphatic rings. The molecule has 3 rings (SSSR count). The van der Waals surface area contributed by atoms with E-state index in [2.05, 4.69) is 13.0 Å². The van der Waals surface area contributed by atoms with Crippen LogP contribution in [-0.4, -0.2) is 20.3 Å². The number of unbranched alkanes of at least 4 members (excludes halogenated alkanes) is 2. The molecule has 0 saturated heterocycles. The van der Waals surface area contributed by atoms with E-state index in [9.17, 15) is 9.18 Å². The Hall–Kier alpha value is -2.14. The Balaban J connectivity index is 1.57. The molecule has 170 valence electrons.